The fourth-order valence-corrected chi connectivity index (χ4v) is 2.61. The van der Waals surface area contributed by atoms with Crippen molar-refractivity contribution in [2.45, 2.75) is 18.9 Å². The molecule has 4 nitrogen and oxygen atoms in total. The first-order valence-corrected chi connectivity index (χ1v) is 6.64. The van der Waals surface area contributed by atoms with Crippen LogP contribution < -0.4 is 14.8 Å². The zero-order valence-electron chi connectivity index (χ0n) is 10.4. The third-order valence-electron chi connectivity index (χ3n) is 3.54. The molecule has 1 saturated heterocycles. The Labute approximate surface area is 112 Å². The van der Waals surface area contributed by atoms with Crippen molar-refractivity contribution in [1.82, 2.24) is 4.90 Å². The number of hydrogen-bond acceptors (Lipinski definition) is 4. The maximum Gasteiger partial charge on any atom is 0.231 e. The highest BCUT2D eigenvalue weighted by Crippen LogP contribution is 2.39. The lowest BCUT2D eigenvalue weighted by atomic mass is 10.1. The van der Waals surface area contributed by atoms with Crippen LogP contribution in [0, 0.1) is 0 Å². The third kappa shape index (κ3) is 2.35. The summed E-state index contributed by atoms with van der Waals surface area (Å²) in [7, 11) is 2.16. The van der Waals surface area contributed by atoms with Crippen LogP contribution in [0.25, 0.3) is 0 Å². The van der Waals surface area contributed by atoms with Crippen molar-refractivity contribution in [2.75, 3.05) is 32.2 Å². The molecule has 0 aliphatic carbocycles. The predicted octanol–water partition coefficient (Wildman–Crippen LogP) is 2.57. The van der Waals surface area contributed by atoms with E-state index >= 15 is 0 Å². The molecule has 2 aliphatic heterocycles. The van der Waals surface area contributed by atoms with Crippen LogP contribution in [0.15, 0.2) is 12.1 Å². The molecule has 0 aromatic heterocycles. The lowest BCUT2D eigenvalue weighted by Crippen LogP contribution is -2.36. The third-order valence-corrected chi connectivity index (χ3v) is 3.85. The van der Waals surface area contributed by atoms with Crippen LogP contribution in [0.3, 0.4) is 0 Å². The summed E-state index contributed by atoms with van der Waals surface area (Å²) in [6, 6.07) is 4.24. The molecule has 1 N–H and O–H groups in total. The van der Waals surface area contributed by atoms with Gasteiger partial charge in [-0.25, -0.2) is 0 Å². The van der Waals surface area contributed by atoms with Gasteiger partial charge in [0, 0.05) is 18.2 Å². The summed E-state index contributed by atoms with van der Waals surface area (Å²) in [6.07, 6.45) is 2.28. The first-order chi connectivity index (χ1) is 8.72. The molecular weight excluding hydrogens is 252 g/mol. The molecule has 2 aliphatic rings. The van der Waals surface area contributed by atoms with E-state index in [-0.39, 0.29) is 6.79 Å². The second kappa shape index (κ2) is 4.86. The molecule has 18 heavy (non-hydrogen) atoms. The largest absolute Gasteiger partial charge is 0.454 e. The first-order valence-electron chi connectivity index (χ1n) is 6.26. The smallest absolute Gasteiger partial charge is 0.231 e. The van der Waals surface area contributed by atoms with Crippen LogP contribution in [0.5, 0.6) is 11.5 Å². The fourth-order valence-electron chi connectivity index (χ4n) is 2.40. The number of benzene rings is 1. The molecule has 98 valence electrons. The van der Waals surface area contributed by atoms with Gasteiger partial charge in [0.25, 0.3) is 0 Å². The van der Waals surface area contributed by atoms with E-state index in [2.05, 4.69) is 17.3 Å². The number of fused-ring (bicyclic) bond motifs is 1. The Morgan fingerprint density at radius 2 is 1.89 bits per heavy atom. The maximum atomic E-state index is 6.25. The Bertz CT molecular complexity index is 445. The molecule has 0 radical (unpaired) electrons. The van der Waals surface area contributed by atoms with E-state index in [9.17, 15) is 0 Å². The monoisotopic (exact) mass is 268 g/mol. The van der Waals surface area contributed by atoms with E-state index in [4.69, 9.17) is 21.1 Å². The molecule has 0 saturated carbocycles. The minimum atomic E-state index is 0.281. The van der Waals surface area contributed by atoms with E-state index in [0.29, 0.717) is 11.1 Å². The Balaban J connectivity index is 1.73. The standard InChI is InChI=1S/C13H17ClN2O2/c1-16-4-2-9(3-5-16)15-11-7-13-12(6-10(11)14)17-8-18-13/h6-7,9,15H,2-5,8H2,1H3. The Hall–Kier alpha value is -1.13. The number of hydrogen-bond donors (Lipinski definition) is 1. The van der Waals surface area contributed by atoms with Crippen molar-refractivity contribution in [3.05, 3.63) is 17.2 Å². The number of nitrogens with one attached hydrogen (secondary N) is 1. The van der Waals surface area contributed by atoms with Crippen LogP contribution >= 0.6 is 11.6 Å². The van der Waals surface area contributed by atoms with Gasteiger partial charge in [-0.1, -0.05) is 11.6 Å². The number of likely N-dealkylation sites (tertiary alicyclic amines) is 1. The predicted molar refractivity (Wildman–Crippen MR) is 71.7 cm³/mol. The molecule has 0 amide bonds. The summed E-state index contributed by atoms with van der Waals surface area (Å²) in [5, 5.41) is 4.20. The minimum absolute atomic E-state index is 0.281. The van der Waals surface area contributed by atoms with Gasteiger partial charge in [-0.3, -0.25) is 0 Å². The summed E-state index contributed by atoms with van der Waals surface area (Å²) >= 11 is 6.25. The van der Waals surface area contributed by atoms with Gasteiger partial charge in [0.05, 0.1) is 10.7 Å². The quantitative estimate of drug-likeness (QED) is 0.894. The number of nitrogens with zero attached hydrogens (tertiary/aromatic N) is 1. The van der Waals surface area contributed by atoms with Crippen molar-refractivity contribution < 1.29 is 9.47 Å². The minimum Gasteiger partial charge on any atom is -0.454 e. The van der Waals surface area contributed by atoms with E-state index in [1.807, 2.05) is 12.1 Å². The van der Waals surface area contributed by atoms with Crippen LogP contribution in [-0.4, -0.2) is 37.9 Å². The summed E-state index contributed by atoms with van der Waals surface area (Å²) in [6.45, 7) is 2.53. The molecule has 0 spiro atoms. The SMILES string of the molecule is CN1CCC(Nc2cc3c(cc2Cl)OCO3)CC1. The van der Waals surface area contributed by atoms with Gasteiger partial charge in [-0.2, -0.15) is 0 Å². The number of piperidine rings is 1. The average molecular weight is 269 g/mol. The van der Waals surface area contributed by atoms with Crippen molar-refractivity contribution in [2.24, 2.45) is 0 Å². The van der Waals surface area contributed by atoms with Gasteiger partial charge in [-0.15, -0.1) is 0 Å². The number of halogens is 1. The van der Waals surface area contributed by atoms with E-state index < -0.39 is 0 Å². The zero-order chi connectivity index (χ0) is 12.5. The second-order valence-corrected chi connectivity index (χ2v) is 5.31. The Morgan fingerprint density at radius 3 is 2.61 bits per heavy atom. The van der Waals surface area contributed by atoms with Crippen LogP contribution in [0.4, 0.5) is 5.69 Å². The van der Waals surface area contributed by atoms with Crippen molar-refractivity contribution in [3.8, 4) is 11.5 Å². The second-order valence-electron chi connectivity index (χ2n) is 4.91. The van der Waals surface area contributed by atoms with Gasteiger partial charge < -0.3 is 19.7 Å². The molecule has 0 atom stereocenters. The highest BCUT2D eigenvalue weighted by Gasteiger charge is 2.20. The van der Waals surface area contributed by atoms with Crippen molar-refractivity contribution >= 4 is 17.3 Å². The van der Waals surface area contributed by atoms with Gasteiger partial charge in [0.15, 0.2) is 11.5 Å². The normalized spacial score (nSPS) is 20.1. The van der Waals surface area contributed by atoms with Gasteiger partial charge in [0.2, 0.25) is 6.79 Å². The molecule has 3 rings (SSSR count). The number of anilines is 1. The molecular formula is C13H17ClN2O2. The molecule has 1 aromatic carbocycles. The van der Waals surface area contributed by atoms with Gasteiger partial charge >= 0.3 is 0 Å². The van der Waals surface area contributed by atoms with E-state index in [0.717, 1.165) is 43.1 Å². The topological polar surface area (TPSA) is 33.7 Å². The summed E-state index contributed by atoms with van der Waals surface area (Å²) in [5.74, 6) is 1.50. The van der Waals surface area contributed by atoms with Crippen LogP contribution in [0.1, 0.15) is 12.8 Å². The van der Waals surface area contributed by atoms with Crippen molar-refractivity contribution in [1.29, 1.82) is 0 Å². The molecule has 1 fully saturated rings. The molecule has 0 unspecified atom stereocenters. The summed E-state index contributed by atoms with van der Waals surface area (Å²) in [5.41, 5.74) is 0.940. The molecule has 1 aromatic rings. The first kappa shape index (κ1) is 11.9. The lowest BCUT2D eigenvalue weighted by Gasteiger charge is -2.30. The zero-order valence-corrected chi connectivity index (χ0v) is 11.2. The van der Waals surface area contributed by atoms with Crippen molar-refractivity contribution in [3.63, 3.8) is 0 Å². The molecule has 5 heteroatoms. The van der Waals surface area contributed by atoms with E-state index in [1.54, 1.807) is 0 Å². The highest BCUT2D eigenvalue weighted by atomic mass is 35.5. The summed E-state index contributed by atoms with van der Waals surface area (Å²) in [4.78, 5) is 2.35. The van der Waals surface area contributed by atoms with Gasteiger partial charge in [0.1, 0.15) is 0 Å². The lowest BCUT2D eigenvalue weighted by molar-refractivity contribution is 0.174. The molecule has 2 heterocycles. The highest BCUT2D eigenvalue weighted by molar-refractivity contribution is 6.33. The number of ether oxygens (including phenoxy) is 2. The Morgan fingerprint density at radius 1 is 1.22 bits per heavy atom. The fraction of sp³-hybridized carbons (Fsp3) is 0.538. The van der Waals surface area contributed by atoms with Crippen LogP contribution in [0.2, 0.25) is 5.02 Å². The van der Waals surface area contributed by atoms with Gasteiger partial charge in [-0.05, 0) is 33.0 Å². The summed E-state index contributed by atoms with van der Waals surface area (Å²) < 4.78 is 10.7. The number of rotatable bonds is 2. The Kier molecular flexibility index (Phi) is 3.22. The van der Waals surface area contributed by atoms with Crippen LogP contribution in [-0.2, 0) is 0 Å². The van der Waals surface area contributed by atoms with E-state index in [1.165, 1.54) is 0 Å². The maximum absolute atomic E-state index is 6.25. The average Bonchev–Trinajstić information content (AvgIpc) is 2.79. The molecule has 0 bridgehead atoms.